The number of carbonyl (C=O) groups excluding carboxylic acids is 1. The van der Waals surface area contributed by atoms with Gasteiger partial charge < -0.3 is 20.6 Å². The maximum Gasteiger partial charge on any atom is 0.249 e. The fourth-order valence-corrected chi connectivity index (χ4v) is 10.4. The van der Waals surface area contributed by atoms with Gasteiger partial charge in [-0.2, -0.15) is 0 Å². The van der Waals surface area contributed by atoms with Gasteiger partial charge in [0.05, 0.1) is 18.8 Å². The number of nitrogens with one attached hydrogen (secondary N) is 1. The molecule has 5 heteroatoms. The second-order valence-corrected chi connectivity index (χ2v) is 22.7. The van der Waals surface area contributed by atoms with Crippen molar-refractivity contribution in [2.45, 2.75) is 379 Å². The highest BCUT2D eigenvalue weighted by Crippen LogP contribution is 2.19. The highest BCUT2D eigenvalue weighted by atomic mass is 16.3. The summed E-state index contributed by atoms with van der Waals surface area (Å²) in [6, 6.07) is -0.821. The summed E-state index contributed by atoms with van der Waals surface area (Å²) in [5, 5.41) is 33.4. The van der Waals surface area contributed by atoms with Crippen molar-refractivity contribution in [2.75, 3.05) is 6.61 Å². The number of rotatable bonds is 61. The number of allylic oxidation sites excluding steroid dienone is 5. The first-order valence-electron chi connectivity index (χ1n) is 32.8. The third-order valence-electron chi connectivity index (χ3n) is 15.5. The molecule has 5 nitrogen and oxygen atoms in total. The zero-order valence-electron chi connectivity index (χ0n) is 48.8. The van der Waals surface area contributed by atoms with Gasteiger partial charge in [-0.05, 0) is 44.9 Å². The molecular weight excluding hydrogens is 883 g/mol. The molecule has 3 atom stereocenters. The van der Waals surface area contributed by atoms with Crippen molar-refractivity contribution in [1.29, 1.82) is 0 Å². The Morgan fingerprint density at radius 3 is 0.847 bits per heavy atom. The number of hydrogen-bond donors (Lipinski definition) is 4. The van der Waals surface area contributed by atoms with Crippen molar-refractivity contribution in [2.24, 2.45) is 0 Å². The first-order chi connectivity index (χ1) is 35.6. The topological polar surface area (TPSA) is 89.8 Å². The molecule has 0 bridgehead atoms. The van der Waals surface area contributed by atoms with Crippen molar-refractivity contribution in [3.8, 4) is 0 Å². The summed E-state index contributed by atoms with van der Waals surface area (Å²) in [5.74, 6) is -0.510. The molecule has 0 radical (unpaired) electrons. The van der Waals surface area contributed by atoms with Crippen LogP contribution >= 0.6 is 0 Å². The molecule has 0 aromatic heterocycles. The molecule has 3 unspecified atom stereocenters. The predicted molar refractivity (Wildman–Crippen MR) is 319 cm³/mol. The van der Waals surface area contributed by atoms with Gasteiger partial charge >= 0.3 is 0 Å². The van der Waals surface area contributed by atoms with Crippen LogP contribution in [0.1, 0.15) is 361 Å². The summed E-state index contributed by atoms with van der Waals surface area (Å²) in [5.41, 5.74) is 0. The predicted octanol–water partition coefficient (Wildman–Crippen LogP) is 21.0. The molecule has 0 heterocycles. The molecule has 0 aliphatic heterocycles. The lowest BCUT2D eigenvalue weighted by molar-refractivity contribution is -0.131. The van der Waals surface area contributed by atoms with Gasteiger partial charge in [0.25, 0.3) is 0 Å². The molecule has 1 amide bonds. The van der Waals surface area contributed by atoms with Gasteiger partial charge in [0.1, 0.15) is 6.10 Å². The van der Waals surface area contributed by atoms with E-state index < -0.39 is 24.2 Å². The van der Waals surface area contributed by atoms with Gasteiger partial charge in [0.2, 0.25) is 5.91 Å². The van der Waals surface area contributed by atoms with Crippen molar-refractivity contribution >= 4 is 5.91 Å². The SMILES string of the molecule is CCCCCCCCCCCCCCCC/C=C/CC/C=C/CC/C=C/C(O)C(CO)NC(=O)C(O)CCCCCCCCCCCCCCCCCCCCCCCCCCCCCCCCCCCC. The van der Waals surface area contributed by atoms with Crippen LogP contribution in [0, 0.1) is 0 Å². The molecule has 0 spiro atoms. The molecule has 0 aliphatic carbocycles. The standard InChI is InChI=1S/C67H129NO4/c1-3-5-7-9-11-13-15-17-19-21-23-25-27-29-30-31-32-33-34-35-36-37-38-40-42-44-46-48-50-52-54-56-58-60-62-66(71)67(72)68-64(63-69)65(70)61-59-57-55-53-51-49-47-45-43-41-39-28-26-24-22-20-18-16-14-12-10-8-6-4-2/h43,45,51,53,59,61,64-66,69-71H,3-42,44,46-50,52,54-58,60,62-63H2,1-2H3,(H,68,72)/b45-43+,53-51+,61-59+. The third kappa shape index (κ3) is 56.3. The molecule has 0 fully saturated rings. The second kappa shape index (κ2) is 62.1. The van der Waals surface area contributed by atoms with Crippen LogP contribution in [0.15, 0.2) is 36.5 Å². The van der Waals surface area contributed by atoms with Crippen LogP contribution in [0.25, 0.3) is 0 Å². The van der Waals surface area contributed by atoms with Gasteiger partial charge in [-0.3, -0.25) is 4.79 Å². The van der Waals surface area contributed by atoms with Gasteiger partial charge in [-0.1, -0.05) is 352 Å². The Morgan fingerprint density at radius 1 is 0.333 bits per heavy atom. The number of hydrogen-bond acceptors (Lipinski definition) is 4. The Kier molecular flexibility index (Phi) is 60.9. The van der Waals surface area contributed by atoms with Crippen LogP contribution in [0.3, 0.4) is 0 Å². The number of amides is 1. The molecule has 4 N–H and O–H groups in total. The Labute approximate surface area is 451 Å². The molecule has 0 saturated carbocycles. The van der Waals surface area contributed by atoms with Crippen LogP contribution in [-0.4, -0.2) is 46.1 Å². The van der Waals surface area contributed by atoms with E-state index in [4.69, 9.17) is 0 Å². The minimum absolute atomic E-state index is 0.378. The lowest BCUT2D eigenvalue weighted by Crippen LogP contribution is -2.48. The number of unbranched alkanes of at least 4 members (excludes halogenated alkanes) is 49. The fraction of sp³-hybridized carbons (Fsp3) is 0.896. The van der Waals surface area contributed by atoms with Crippen LogP contribution in [0.5, 0.6) is 0 Å². The smallest absolute Gasteiger partial charge is 0.249 e. The Hall–Kier alpha value is -1.43. The maximum absolute atomic E-state index is 12.6. The summed E-state index contributed by atoms with van der Waals surface area (Å²) in [6.07, 6.45) is 82.8. The largest absolute Gasteiger partial charge is 0.394 e. The van der Waals surface area contributed by atoms with E-state index >= 15 is 0 Å². The lowest BCUT2D eigenvalue weighted by atomic mass is 10.0. The van der Waals surface area contributed by atoms with Gasteiger partial charge in [-0.25, -0.2) is 0 Å². The van der Waals surface area contributed by atoms with Crippen molar-refractivity contribution in [1.82, 2.24) is 5.32 Å². The fourth-order valence-electron chi connectivity index (χ4n) is 10.4. The van der Waals surface area contributed by atoms with Gasteiger partial charge in [0.15, 0.2) is 0 Å². The van der Waals surface area contributed by atoms with Crippen LogP contribution in [-0.2, 0) is 4.79 Å². The van der Waals surface area contributed by atoms with E-state index in [1.165, 1.54) is 295 Å². The molecular formula is C67H129NO4. The minimum atomic E-state index is -1.11. The van der Waals surface area contributed by atoms with Gasteiger partial charge in [-0.15, -0.1) is 0 Å². The zero-order valence-corrected chi connectivity index (χ0v) is 48.8. The third-order valence-corrected chi connectivity index (χ3v) is 15.5. The average molecular weight is 1010 g/mol. The Balaban J connectivity index is 3.53. The average Bonchev–Trinajstić information content (AvgIpc) is 3.39. The van der Waals surface area contributed by atoms with E-state index in [9.17, 15) is 20.1 Å². The first kappa shape index (κ1) is 70.6. The highest BCUT2D eigenvalue weighted by Gasteiger charge is 2.22. The second-order valence-electron chi connectivity index (χ2n) is 22.7. The zero-order chi connectivity index (χ0) is 52.2. The quantitative estimate of drug-likeness (QED) is 0.0361. The van der Waals surface area contributed by atoms with Crippen molar-refractivity contribution < 1.29 is 20.1 Å². The number of aliphatic hydroxyl groups is 3. The molecule has 0 saturated heterocycles. The van der Waals surface area contributed by atoms with Crippen LogP contribution < -0.4 is 5.32 Å². The van der Waals surface area contributed by atoms with E-state index in [0.29, 0.717) is 6.42 Å². The molecule has 426 valence electrons. The van der Waals surface area contributed by atoms with Crippen molar-refractivity contribution in [3.63, 3.8) is 0 Å². The first-order valence-corrected chi connectivity index (χ1v) is 32.8. The summed E-state index contributed by atoms with van der Waals surface area (Å²) in [6.45, 7) is 4.21. The molecule has 0 aromatic carbocycles. The monoisotopic (exact) mass is 1010 g/mol. The summed E-state index contributed by atoms with van der Waals surface area (Å²) < 4.78 is 0. The van der Waals surface area contributed by atoms with Gasteiger partial charge in [0, 0.05) is 0 Å². The Bertz CT molecular complexity index is 1120. The Morgan fingerprint density at radius 2 is 0.569 bits per heavy atom. The van der Waals surface area contributed by atoms with E-state index in [-0.39, 0.29) is 6.61 Å². The van der Waals surface area contributed by atoms with Crippen molar-refractivity contribution in [3.05, 3.63) is 36.5 Å². The molecule has 72 heavy (non-hydrogen) atoms. The highest BCUT2D eigenvalue weighted by molar-refractivity contribution is 5.80. The molecule has 0 aromatic rings. The normalized spacial score (nSPS) is 13.3. The lowest BCUT2D eigenvalue weighted by Gasteiger charge is -2.21. The summed E-state index contributed by atoms with van der Waals surface area (Å²) >= 11 is 0. The maximum atomic E-state index is 12.6. The molecule has 0 aliphatic rings. The van der Waals surface area contributed by atoms with E-state index in [1.807, 2.05) is 6.08 Å². The van der Waals surface area contributed by atoms with Crippen LogP contribution in [0.4, 0.5) is 0 Å². The van der Waals surface area contributed by atoms with E-state index in [2.05, 4.69) is 43.5 Å². The summed E-state index contributed by atoms with van der Waals surface area (Å²) in [7, 11) is 0. The minimum Gasteiger partial charge on any atom is -0.394 e. The number of aliphatic hydroxyl groups excluding tert-OH is 3. The molecule has 0 rings (SSSR count). The van der Waals surface area contributed by atoms with Crippen LogP contribution in [0.2, 0.25) is 0 Å². The number of carbonyl (C=O) groups is 1. The van der Waals surface area contributed by atoms with E-state index in [0.717, 1.165) is 44.9 Å². The summed E-state index contributed by atoms with van der Waals surface area (Å²) in [4.78, 5) is 12.6. The van der Waals surface area contributed by atoms with E-state index in [1.54, 1.807) is 6.08 Å².